The van der Waals surface area contributed by atoms with Crippen LogP contribution in [0.25, 0.3) is 0 Å². The maximum atomic E-state index is 11.1. The molecular formula is C7H12N2O4. The van der Waals surface area contributed by atoms with E-state index in [1.54, 1.807) is 0 Å². The minimum absolute atomic E-state index is 0.291. The van der Waals surface area contributed by atoms with E-state index in [0.29, 0.717) is 0 Å². The highest BCUT2D eigenvalue weighted by atomic mass is 16.3. The number of aliphatic hydroxyl groups excluding tert-OH is 2. The zero-order chi connectivity index (χ0) is 10.0. The van der Waals surface area contributed by atoms with Gasteiger partial charge in [-0.25, -0.2) is 4.79 Å². The number of hydrogen-bond acceptors (Lipinski definition) is 4. The number of hydrogen-bond donors (Lipinski definition) is 3. The van der Waals surface area contributed by atoms with E-state index in [4.69, 9.17) is 10.2 Å². The van der Waals surface area contributed by atoms with Gasteiger partial charge in [-0.1, -0.05) is 0 Å². The second-order valence-electron chi connectivity index (χ2n) is 2.88. The van der Waals surface area contributed by atoms with Gasteiger partial charge in [0.1, 0.15) is 0 Å². The van der Waals surface area contributed by atoms with Gasteiger partial charge in [-0.2, -0.15) is 0 Å². The lowest BCUT2D eigenvalue weighted by molar-refractivity contribution is -0.127. The quantitative estimate of drug-likeness (QED) is 0.481. The third-order valence-corrected chi connectivity index (χ3v) is 2.05. The molecule has 0 saturated carbocycles. The van der Waals surface area contributed by atoms with Crippen molar-refractivity contribution in [2.75, 3.05) is 13.2 Å². The minimum atomic E-state index is -0.657. The lowest BCUT2D eigenvalue weighted by Crippen LogP contribution is -2.43. The van der Waals surface area contributed by atoms with Crippen LogP contribution in [0.1, 0.15) is 6.92 Å². The van der Waals surface area contributed by atoms with Crippen molar-refractivity contribution in [2.24, 2.45) is 0 Å². The minimum Gasteiger partial charge on any atom is -0.394 e. The van der Waals surface area contributed by atoms with Crippen LogP contribution in [-0.4, -0.2) is 52.3 Å². The number of aliphatic hydroxyl groups is 2. The Morgan fingerprint density at radius 2 is 2.15 bits per heavy atom. The molecule has 0 aromatic heterocycles. The van der Waals surface area contributed by atoms with Crippen LogP contribution in [0.4, 0.5) is 4.79 Å². The summed E-state index contributed by atoms with van der Waals surface area (Å²) in [6, 6.07) is -1.79. The molecule has 1 fully saturated rings. The molecule has 13 heavy (non-hydrogen) atoms. The van der Waals surface area contributed by atoms with Crippen LogP contribution in [0.2, 0.25) is 0 Å². The van der Waals surface area contributed by atoms with Crippen molar-refractivity contribution in [1.29, 1.82) is 0 Å². The number of amides is 3. The Labute approximate surface area is 75.1 Å². The lowest BCUT2D eigenvalue weighted by Gasteiger charge is -2.20. The molecule has 1 aliphatic heterocycles. The zero-order valence-corrected chi connectivity index (χ0v) is 7.23. The van der Waals surface area contributed by atoms with Crippen molar-refractivity contribution in [3.8, 4) is 0 Å². The number of nitrogens with one attached hydrogen (secondary N) is 1. The van der Waals surface area contributed by atoms with Crippen molar-refractivity contribution in [3.63, 3.8) is 0 Å². The van der Waals surface area contributed by atoms with Gasteiger partial charge >= 0.3 is 6.03 Å². The predicted molar refractivity (Wildman–Crippen MR) is 42.8 cm³/mol. The molecule has 1 heterocycles. The molecule has 0 aromatic rings. The Hall–Kier alpha value is -1.14. The zero-order valence-electron chi connectivity index (χ0n) is 7.23. The largest absolute Gasteiger partial charge is 0.394 e. The summed E-state index contributed by atoms with van der Waals surface area (Å²) in [5.74, 6) is -0.437. The first-order chi connectivity index (χ1) is 6.11. The van der Waals surface area contributed by atoms with E-state index in [1.807, 2.05) is 0 Å². The third kappa shape index (κ3) is 1.63. The molecule has 1 aliphatic rings. The second kappa shape index (κ2) is 3.71. The third-order valence-electron chi connectivity index (χ3n) is 2.05. The highest BCUT2D eigenvalue weighted by Crippen LogP contribution is 2.12. The van der Waals surface area contributed by atoms with Gasteiger partial charge in [-0.3, -0.25) is 9.69 Å². The number of urea groups is 1. The van der Waals surface area contributed by atoms with Crippen molar-refractivity contribution in [3.05, 3.63) is 0 Å². The van der Waals surface area contributed by atoms with E-state index in [1.165, 1.54) is 6.92 Å². The summed E-state index contributed by atoms with van der Waals surface area (Å²) in [5, 5.41) is 20.1. The Balaban J connectivity index is 2.82. The standard InChI is InChI=1S/C7H12N2O4/c1-4(12)9-6(3-11)5(2-10)8-7(9)13/h5-6,10-11H,2-3H2,1H3,(H,8,13). The van der Waals surface area contributed by atoms with E-state index in [0.717, 1.165) is 4.90 Å². The van der Waals surface area contributed by atoms with Crippen molar-refractivity contribution in [1.82, 2.24) is 10.2 Å². The van der Waals surface area contributed by atoms with Crippen molar-refractivity contribution >= 4 is 11.9 Å². The first kappa shape index (κ1) is 9.94. The first-order valence-corrected chi connectivity index (χ1v) is 3.93. The van der Waals surface area contributed by atoms with E-state index < -0.39 is 24.0 Å². The Morgan fingerprint density at radius 3 is 2.54 bits per heavy atom. The van der Waals surface area contributed by atoms with E-state index in [-0.39, 0.29) is 13.2 Å². The molecule has 0 aromatic carbocycles. The first-order valence-electron chi connectivity index (χ1n) is 3.93. The molecule has 1 saturated heterocycles. The number of carbonyl (C=O) groups excluding carboxylic acids is 2. The van der Waals surface area contributed by atoms with Gasteiger partial charge in [0.05, 0.1) is 25.3 Å². The van der Waals surface area contributed by atoms with Gasteiger partial charge < -0.3 is 15.5 Å². The molecule has 2 atom stereocenters. The second-order valence-corrected chi connectivity index (χ2v) is 2.88. The maximum Gasteiger partial charge on any atom is 0.324 e. The summed E-state index contributed by atoms with van der Waals surface area (Å²) in [4.78, 5) is 23.0. The van der Waals surface area contributed by atoms with Crippen LogP contribution < -0.4 is 5.32 Å². The topological polar surface area (TPSA) is 89.9 Å². The van der Waals surface area contributed by atoms with Gasteiger partial charge in [0.25, 0.3) is 0 Å². The van der Waals surface area contributed by atoms with Crippen LogP contribution in [0, 0.1) is 0 Å². The Kier molecular flexibility index (Phi) is 2.84. The monoisotopic (exact) mass is 188 g/mol. The molecule has 0 spiro atoms. The van der Waals surface area contributed by atoms with Crippen molar-refractivity contribution < 1.29 is 19.8 Å². The molecule has 2 unspecified atom stereocenters. The molecular weight excluding hydrogens is 176 g/mol. The normalized spacial score (nSPS) is 27.6. The number of carbonyl (C=O) groups is 2. The van der Waals surface area contributed by atoms with Gasteiger partial charge in [0.15, 0.2) is 0 Å². The highest BCUT2D eigenvalue weighted by molar-refractivity contribution is 5.95. The van der Waals surface area contributed by atoms with Gasteiger partial charge in [-0.05, 0) is 0 Å². The fraction of sp³-hybridized carbons (Fsp3) is 0.714. The summed E-state index contributed by atoms with van der Waals surface area (Å²) in [7, 11) is 0. The van der Waals surface area contributed by atoms with Crippen molar-refractivity contribution in [2.45, 2.75) is 19.0 Å². The fourth-order valence-electron chi connectivity index (χ4n) is 1.41. The van der Waals surface area contributed by atoms with Crippen LogP contribution >= 0.6 is 0 Å². The fourth-order valence-corrected chi connectivity index (χ4v) is 1.41. The predicted octanol–water partition coefficient (Wildman–Crippen LogP) is -1.72. The smallest absolute Gasteiger partial charge is 0.324 e. The summed E-state index contributed by atoms with van der Waals surface area (Å²) in [5.41, 5.74) is 0. The number of imide groups is 1. The van der Waals surface area contributed by atoms with Gasteiger partial charge in [-0.15, -0.1) is 0 Å². The summed E-state index contributed by atoms with van der Waals surface area (Å²) in [6.45, 7) is 0.603. The van der Waals surface area contributed by atoms with Gasteiger partial charge in [0.2, 0.25) is 5.91 Å². The van der Waals surface area contributed by atoms with Gasteiger partial charge in [0, 0.05) is 6.92 Å². The van der Waals surface area contributed by atoms with Crippen LogP contribution in [0.5, 0.6) is 0 Å². The average molecular weight is 188 g/mol. The Bertz CT molecular complexity index is 231. The highest BCUT2D eigenvalue weighted by Gasteiger charge is 2.40. The summed E-state index contributed by atoms with van der Waals surface area (Å²) in [6.07, 6.45) is 0. The van der Waals surface area contributed by atoms with Crippen LogP contribution in [0.3, 0.4) is 0 Å². The molecule has 3 amide bonds. The molecule has 0 bridgehead atoms. The molecule has 3 N–H and O–H groups in total. The average Bonchev–Trinajstić information content (AvgIpc) is 2.41. The summed E-state index contributed by atoms with van der Waals surface area (Å²) < 4.78 is 0. The molecule has 74 valence electrons. The van der Waals surface area contributed by atoms with Crippen LogP contribution in [0.15, 0.2) is 0 Å². The number of nitrogens with zero attached hydrogens (tertiary/aromatic N) is 1. The maximum absolute atomic E-state index is 11.1. The van der Waals surface area contributed by atoms with Crippen LogP contribution in [-0.2, 0) is 4.79 Å². The lowest BCUT2D eigenvalue weighted by atomic mass is 10.1. The molecule has 0 radical (unpaired) electrons. The number of rotatable bonds is 2. The van der Waals surface area contributed by atoms with E-state index in [2.05, 4.69) is 5.32 Å². The molecule has 6 nitrogen and oxygen atoms in total. The van der Waals surface area contributed by atoms with E-state index in [9.17, 15) is 9.59 Å². The SMILES string of the molecule is CC(=O)N1C(=O)NC(CO)C1CO. The summed E-state index contributed by atoms with van der Waals surface area (Å²) >= 11 is 0. The Morgan fingerprint density at radius 1 is 1.54 bits per heavy atom. The molecule has 6 heteroatoms. The molecule has 1 rings (SSSR count). The van der Waals surface area contributed by atoms with E-state index >= 15 is 0 Å². The molecule has 0 aliphatic carbocycles.